The first-order valence-corrected chi connectivity index (χ1v) is 10.7. The third kappa shape index (κ3) is 4.29. The van der Waals surface area contributed by atoms with Crippen molar-refractivity contribution >= 4 is 51.3 Å². The second-order valence-corrected chi connectivity index (χ2v) is 8.62. The maximum Gasteiger partial charge on any atom is 0.183 e. The Kier molecular flexibility index (Phi) is 5.80. The fourth-order valence-corrected chi connectivity index (χ4v) is 4.06. The van der Waals surface area contributed by atoms with Crippen LogP contribution in [0.3, 0.4) is 0 Å². The monoisotopic (exact) mass is 431 g/mol. The number of aryl methyl sites for hydroxylation is 1. The van der Waals surface area contributed by atoms with Crippen molar-refractivity contribution in [2.75, 3.05) is 5.32 Å². The van der Waals surface area contributed by atoms with Crippen molar-refractivity contribution in [2.45, 2.75) is 32.7 Å². The van der Waals surface area contributed by atoms with E-state index in [1.165, 1.54) is 29.7 Å². The predicted octanol–water partition coefficient (Wildman–Crippen LogP) is 6.14. The normalized spacial score (nSPS) is 11.2. The van der Waals surface area contributed by atoms with E-state index < -0.39 is 0 Å². The van der Waals surface area contributed by atoms with Gasteiger partial charge < -0.3 is 5.32 Å². The van der Waals surface area contributed by atoms with E-state index in [4.69, 9.17) is 23.2 Å². The Labute approximate surface area is 177 Å². The lowest BCUT2D eigenvalue weighted by atomic mass is 10.1. The van der Waals surface area contributed by atoms with E-state index in [9.17, 15) is 0 Å². The molecule has 0 spiro atoms. The number of hydrogen-bond acceptors (Lipinski definition) is 5. The Morgan fingerprint density at radius 3 is 2.50 bits per heavy atom. The van der Waals surface area contributed by atoms with Crippen LogP contribution in [0.25, 0.3) is 16.7 Å². The molecule has 8 heteroatoms. The van der Waals surface area contributed by atoms with Crippen molar-refractivity contribution < 1.29 is 0 Å². The molecule has 0 unspecified atom stereocenters. The Bertz CT molecular complexity index is 1090. The summed E-state index contributed by atoms with van der Waals surface area (Å²) in [7, 11) is 0. The number of nitrogens with zero attached hydrogens (tertiary/aromatic N) is 4. The maximum absolute atomic E-state index is 6.42. The summed E-state index contributed by atoms with van der Waals surface area (Å²) in [6.07, 6.45) is 5.25. The summed E-state index contributed by atoms with van der Waals surface area (Å²) >= 11 is 13.7. The van der Waals surface area contributed by atoms with Crippen LogP contribution in [0, 0.1) is 0 Å². The highest BCUT2D eigenvalue weighted by molar-refractivity contribution is 7.15. The number of nitrogens with one attached hydrogen (secondary N) is 1. The van der Waals surface area contributed by atoms with Crippen LogP contribution < -0.4 is 5.32 Å². The maximum atomic E-state index is 6.42. The van der Waals surface area contributed by atoms with Crippen LogP contribution in [0.2, 0.25) is 9.49 Å². The molecular weight excluding hydrogens is 413 g/mol. The highest BCUT2D eigenvalue weighted by atomic mass is 35.5. The smallest absolute Gasteiger partial charge is 0.183 e. The summed E-state index contributed by atoms with van der Waals surface area (Å²) in [6.45, 7) is 2.80. The number of thiazole rings is 1. The van der Waals surface area contributed by atoms with Gasteiger partial charge in [0.15, 0.2) is 4.47 Å². The highest BCUT2D eigenvalue weighted by Crippen LogP contribution is 2.28. The summed E-state index contributed by atoms with van der Waals surface area (Å²) in [6, 6.07) is 12.1. The van der Waals surface area contributed by atoms with Crippen molar-refractivity contribution in [1.82, 2.24) is 20.0 Å². The number of anilines is 1. The minimum absolute atomic E-state index is 0.530. The molecule has 4 rings (SSSR count). The zero-order valence-corrected chi connectivity index (χ0v) is 17.7. The molecule has 0 bridgehead atoms. The lowest BCUT2D eigenvalue weighted by Gasteiger charge is -2.06. The summed E-state index contributed by atoms with van der Waals surface area (Å²) in [5, 5.41) is 13.1. The zero-order valence-electron chi connectivity index (χ0n) is 15.3. The van der Waals surface area contributed by atoms with Gasteiger partial charge in [-0.15, -0.1) is 21.5 Å². The van der Waals surface area contributed by atoms with Gasteiger partial charge in [0.25, 0.3) is 0 Å². The van der Waals surface area contributed by atoms with Gasteiger partial charge in [-0.25, -0.2) is 4.98 Å². The second-order valence-electron chi connectivity index (χ2n) is 6.51. The molecule has 5 nitrogen and oxygen atoms in total. The number of halogens is 2. The molecule has 0 saturated heterocycles. The van der Waals surface area contributed by atoms with E-state index in [1.807, 2.05) is 12.1 Å². The van der Waals surface area contributed by atoms with Gasteiger partial charge in [0, 0.05) is 11.1 Å². The van der Waals surface area contributed by atoms with Gasteiger partial charge in [0.05, 0.1) is 22.9 Å². The molecule has 28 heavy (non-hydrogen) atoms. The minimum Gasteiger partial charge on any atom is -0.379 e. The summed E-state index contributed by atoms with van der Waals surface area (Å²) in [5.74, 6) is 0. The van der Waals surface area contributed by atoms with Crippen molar-refractivity contribution in [2.24, 2.45) is 0 Å². The van der Waals surface area contributed by atoms with Crippen molar-refractivity contribution in [3.63, 3.8) is 0 Å². The number of aromatic nitrogens is 4. The van der Waals surface area contributed by atoms with Gasteiger partial charge in [-0.05, 0) is 42.7 Å². The molecule has 0 aliphatic heterocycles. The first kappa shape index (κ1) is 19.2. The van der Waals surface area contributed by atoms with E-state index in [1.54, 1.807) is 11.0 Å². The van der Waals surface area contributed by atoms with E-state index in [2.05, 4.69) is 51.7 Å². The van der Waals surface area contributed by atoms with Gasteiger partial charge in [-0.1, -0.05) is 48.7 Å². The number of benzene rings is 2. The highest BCUT2D eigenvalue weighted by Gasteiger charge is 2.10. The Balaban J connectivity index is 1.55. The van der Waals surface area contributed by atoms with E-state index in [0.29, 0.717) is 16.0 Å². The Morgan fingerprint density at radius 1 is 1.07 bits per heavy atom. The van der Waals surface area contributed by atoms with E-state index in [0.717, 1.165) is 33.7 Å². The number of unbranched alkanes of at least 4 members (excludes halogenated alkanes) is 1. The minimum atomic E-state index is 0.530. The van der Waals surface area contributed by atoms with Gasteiger partial charge in [-0.2, -0.15) is 4.80 Å². The molecule has 144 valence electrons. The lowest BCUT2D eigenvalue weighted by molar-refractivity contribution is 0.762. The van der Waals surface area contributed by atoms with Gasteiger partial charge in [0.1, 0.15) is 11.0 Å². The molecule has 0 aliphatic rings. The average Bonchev–Trinajstić information content (AvgIpc) is 3.30. The van der Waals surface area contributed by atoms with Crippen molar-refractivity contribution in [3.05, 3.63) is 62.5 Å². The topological polar surface area (TPSA) is 55.6 Å². The van der Waals surface area contributed by atoms with Crippen LogP contribution in [0.15, 0.2) is 42.6 Å². The predicted molar refractivity (Wildman–Crippen MR) is 117 cm³/mol. The molecule has 2 aromatic carbocycles. The zero-order chi connectivity index (χ0) is 19.5. The number of rotatable bonds is 7. The van der Waals surface area contributed by atoms with Gasteiger partial charge >= 0.3 is 0 Å². The molecule has 4 aromatic rings. The SMILES string of the molecule is CCCCc1ccc(-n2nc3cc(Cl)c(NCc4cnc(Cl)s4)cc3n2)cc1. The molecule has 2 heterocycles. The molecule has 2 aromatic heterocycles. The van der Waals surface area contributed by atoms with Crippen LogP contribution >= 0.6 is 34.5 Å². The van der Waals surface area contributed by atoms with Gasteiger partial charge in [-0.3, -0.25) is 0 Å². The third-order valence-electron chi connectivity index (χ3n) is 4.43. The summed E-state index contributed by atoms with van der Waals surface area (Å²) < 4.78 is 0.530. The van der Waals surface area contributed by atoms with Crippen molar-refractivity contribution in [3.8, 4) is 5.69 Å². The standard InChI is InChI=1S/C20H19Cl2N5S/c1-2-3-4-13-5-7-14(8-6-13)27-25-18-9-16(21)17(10-19(18)26-27)23-11-15-12-24-20(22)28-15/h5-10,12,23H,2-4,11H2,1H3. The van der Waals surface area contributed by atoms with E-state index >= 15 is 0 Å². The first-order valence-electron chi connectivity index (χ1n) is 9.12. The fourth-order valence-electron chi connectivity index (χ4n) is 2.91. The summed E-state index contributed by atoms with van der Waals surface area (Å²) in [5.41, 5.74) is 4.61. The molecule has 0 aliphatic carbocycles. The molecule has 1 N–H and O–H groups in total. The number of fused-ring (bicyclic) bond motifs is 1. The van der Waals surface area contributed by atoms with Crippen LogP contribution in [0.1, 0.15) is 30.2 Å². The van der Waals surface area contributed by atoms with Crippen LogP contribution in [-0.4, -0.2) is 20.0 Å². The van der Waals surface area contributed by atoms with E-state index in [-0.39, 0.29) is 0 Å². The average molecular weight is 432 g/mol. The molecule has 0 fully saturated rings. The Morgan fingerprint density at radius 2 is 1.82 bits per heavy atom. The second kappa shape index (κ2) is 8.47. The van der Waals surface area contributed by atoms with Crippen molar-refractivity contribution in [1.29, 1.82) is 0 Å². The van der Waals surface area contributed by atoms with Crippen LogP contribution in [0.4, 0.5) is 5.69 Å². The molecule has 0 atom stereocenters. The van der Waals surface area contributed by atoms with Crippen LogP contribution in [0.5, 0.6) is 0 Å². The van der Waals surface area contributed by atoms with Gasteiger partial charge in [0.2, 0.25) is 0 Å². The fraction of sp³-hybridized carbons (Fsp3) is 0.250. The number of hydrogen-bond donors (Lipinski definition) is 1. The third-order valence-corrected chi connectivity index (χ3v) is 5.86. The molecule has 0 saturated carbocycles. The van der Waals surface area contributed by atoms with Crippen LogP contribution in [-0.2, 0) is 13.0 Å². The quantitative estimate of drug-likeness (QED) is 0.381. The largest absolute Gasteiger partial charge is 0.379 e. The molecule has 0 radical (unpaired) electrons. The molecule has 0 amide bonds. The Hall–Kier alpha value is -2.15. The first-order chi connectivity index (χ1) is 13.6. The lowest BCUT2D eigenvalue weighted by Crippen LogP contribution is -1.98. The molecular formula is C20H19Cl2N5S. The summed E-state index contributed by atoms with van der Waals surface area (Å²) in [4.78, 5) is 6.73.